The van der Waals surface area contributed by atoms with E-state index in [1.165, 1.54) is 24.3 Å². The van der Waals surface area contributed by atoms with E-state index in [-0.39, 0.29) is 37.2 Å². The fourth-order valence-corrected chi connectivity index (χ4v) is 1.47. The van der Waals surface area contributed by atoms with E-state index >= 15 is 0 Å². The van der Waals surface area contributed by atoms with Gasteiger partial charge >= 0.3 is 23.9 Å². The first-order chi connectivity index (χ1) is 13.1. The smallest absolute Gasteiger partial charge is 0.336 e. The van der Waals surface area contributed by atoms with E-state index in [1.54, 1.807) is 0 Å². The molecule has 0 radical (unpaired) electrons. The lowest BCUT2D eigenvalue weighted by atomic mass is 10.1. The molecule has 0 unspecified atom stereocenters. The van der Waals surface area contributed by atoms with Gasteiger partial charge in [0.05, 0.1) is 24.3 Å². The molecular formula is C17H24O11. The second-order valence-corrected chi connectivity index (χ2v) is 5.17. The molecule has 1 aromatic carbocycles. The van der Waals surface area contributed by atoms with Crippen molar-refractivity contribution in [3.63, 3.8) is 0 Å². The lowest BCUT2D eigenvalue weighted by Crippen LogP contribution is -2.15. The highest BCUT2D eigenvalue weighted by molar-refractivity contribution is 6.01. The summed E-state index contributed by atoms with van der Waals surface area (Å²) in [6.45, 7) is -0.729. The van der Waals surface area contributed by atoms with Crippen molar-refractivity contribution in [2.75, 3.05) is 13.2 Å². The van der Waals surface area contributed by atoms with Crippen LogP contribution in [0.15, 0.2) is 24.3 Å². The summed E-state index contributed by atoms with van der Waals surface area (Å²) in [5, 5.41) is 57.4. The maximum absolute atomic E-state index is 10.5. The summed E-state index contributed by atoms with van der Waals surface area (Å²) in [6, 6.07) is 5.48. The Morgan fingerprint density at radius 3 is 1.21 bits per heavy atom. The van der Waals surface area contributed by atoms with Crippen molar-refractivity contribution in [1.82, 2.24) is 0 Å². The van der Waals surface area contributed by atoms with Crippen molar-refractivity contribution in [2.45, 2.75) is 31.8 Å². The fourth-order valence-electron chi connectivity index (χ4n) is 1.47. The Morgan fingerprint density at radius 1 is 0.714 bits per heavy atom. The Morgan fingerprint density at radius 2 is 1.04 bits per heavy atom. The molecule has 0 amide bonds. The van der Waals surface area contributed by atoms with Crippen LogP contribution in [0.5, 0.6) is 0 Å². The summed E-state index contributed by atoms with van der Waals surface area (Å²) in [5.41, 5.74) is -0.380. The normalized spacial score (nSPS) is 9.43. The maximum atomic E-state index is 10.5. The molecule has 0 fully saturated rings. The van der Waals surface area contributed by atoms with E-state index in [0.717, 1.165) is 0 Å². The van der Waals surface area contributed by atoms with Crippen LogP contribution in [0.3, 0.4) is 0 Å². The number of aliphatic hydroxyl groups excluding tert-OH is 3. The molecule has 0 aromatic heterocycles. The first-order valence-electron chi connectivity index (χ1n) is 7.95. The van der Waals surface area contributed by atoms with Crippen molar-refractivity contribution in [2.24, 2.45) is 0 Å². The first kappa shape index (κ1) is 27.2. The molecule has 0 aliphatic rings. The van der Waals surface area contributed by atoms with Crippen LogP contribution >= 0.6 is 0 Å². The highest BCUT2D eigenvalue weighted by Gasteiger charge is 2.13. The highest BCUT2D eigenvalue weighted by Crippen LogP contribution is 2.07. The second-order valence-electron chi connectivity index (χ2n) is 5.17. The number of carbonyl (C=O) groups is 4. The SMILES string of the molecule is O=C(O)CCCCC(=O)O.O=C(O)c1ccccc1C(=O)O.OCC(O)CO. The molecule has 0 spiro atoms. The van der Waals surface area contributed by atoms with Gasteiger partial charge in [-0.2, -0.15) is 0 Å². The average Bonchev–Trinajstić information content (AvgIpc) is 2.65. The standard InChI is InChI=1S/C8H6O4.C6H10O4.C3H8O3/c9-7(10)5-3-1-2-4-6(5)8(11)12;7-5(8)3-1-2-4-6(9)10;4-1-3(6)2-5/h1-4H,(H,9,10)(H,11,12);1-4H2,(H,7,8)(H,9,10);3-6H,1-2H2. The maximum Gasteiger partial charge on any atom is 0.336 e. The summed E-state index contributed by atoms with van der Waals surface area (Å²) in [5.74, 6) is -4.20. The van der Waals surface area contributed by atoms with Crippen LogP contribution in [0.4, 0.5) is 0 Å². The number of aliphatic carboxylic acids is 2. The average molecular weight is 404 g/mol. The monoisotopic (exact) mass is 404 g/mol. The largest absolute Gasteiger partial charge is 0.481 e. The van der Waals surface area contributed by atoms with Gasteiger partial charge in [0.15, 0.2) is 0 Å². The van der Waals surface area contributed by atoms with E-state index in [0.29, 0.717) is 12.8 Å². The number of aliphatic hydroxyl groups is 3. The quantitative estimate of drug-likeness (QED) is 0.275. The predicted octanol–water partition coefficient (Wildman–Crippen LogP) is 0.131. The topological polar surface area (TPSA) is 210 Å². The van der Waals surface area contributed by atoms with E-state index in [9.17, 15) is 19.2 Å². The summed E-state index contributed by atoms with van der Waals surface area (Å²) in [4.78, 5) is 40.7. The number of hydrogen-bond acceptors (Lipinski definition) is 7. The molecule has 0 saturated heterocycles. The molecule has 1 aromatic rings. The lowest BCUT2D eigenvalue weighted by molar-refractivity contribution is -0.139. The van der Waals surface area contributed by atoms with Gasteiger partial charge in [-0.25, -0.2) is 9.59 Å². The fraction of sp³-hybridized carbons (Fsp3) is 0.412. The van der Waals surface area contributed by atoms with Crippen LogP contribution in [-0.2, 0) is 9.59 Å². The Bertz CT molecular complexity index is 574. The molecule has 0 atom stereocenters. The van der Waals surface area contributed by atoms with Crippen molar-refractivity contribution in [3.8, 4) is 0 Å². The van der Waals surface area contributed by atoms with Gasteiger partial charge in [-0.05, 0) is 25.0 Å². The Hall–Kier alpha value is -3.02. The van der Waals surface area contributed by atoms with Crippen LogP contribution in [0.2, 0.25) is 0 Å². The van der Waals surface area contributed by atoms with Crippen molar-refractivity contribution < 1.29 is 54.9 Å². The zero-order chi connectivity index (χ0) is 22.1. The first-order valence-corrected chi connectivity index (χ1v) is 7.95. The van der Waals surface area contributed by atoms with Gasteiger partial charge in [0.1, 0.15) is 6.10 Å². The van der Waals surface area contributed by atoms with Crippen molar-refractivity contribution in [3.05, 3.63) is 35.4 Å². The van der Waals surface area contributed by atoms with Crippen molar-refractivity contribution >= 4 is 23.9 Å². The van der Waals surface area contributed by atoms with Crippen LogP contribution in [0, 0.1) is 0 Å². The van der Waals surface area contributed by atoms with E-state index in [2.05, 4.69) is 0 Å². The third-order valence-electron chi connectivity index (χ3n) is 2.84. The van der Waals surface area contributed by atoms with Crippen molar-refractivity contribution in [1.29, 1.82) is 0 Å². The molecule has 0 aliphatic carbocycles. The van der Waals surface area contributed by atoms with E-state index in [4.69, 9.17) is 35.7 Å². The molecule has 0 heterocycles. The summed E-state index contributed by atoms with van der Waals surface area (Å²) < 4.78 is 0. The molecule has 158 valence electrons. The Labute approximate surface area is 160 Å². The third-order valence-corrected chi connectivity index (χ3v) is 2.84. The molecule has 0 aliphatic heterocycles. The minimum Gasteiger partial charge on any atom is -0.481 e. The molecule has 28 heavy (non-hydrogen) atoms. The van der Waals surface area contributed by atoms with Gasteiger partial charge in [0.25, 0.3) is 0 Å². The predicted molar refractivity (Wildman–Crippen MR) is 94.3 cm³/mol. The van der Waals surface area contributed by atoms with Gasteiger partial charge in [-0.1, -0.05) is 12.1 Å². The van der Waals surface area contributed by atoms with Gasteiger partial charge in [-0.15, -0.1) is 0 Å². The zero-order valence-corrected chi connectivity index (χ0v) is 14.9. The molecule has 7 N–H and O–H groups in total. The third kappa shape index (κ3) is 15.3. The summed E-state index contributed by atoms with van der Waals surface area (Å²) in [7, 11) is 0. The van der Waals surface area contributed by atoms with Gasteiger partial charge in [0.2, 0.25) is 0 Å². The number of benzene rings is 1. The molecule has 0 bridgehead atoms. The Balaban J connectivity index is 0. The van der Waals surface area contributed by atoms with Crippen LogP contribution in [-0.4, -0.2) is 78.9 Å². The van der Waals surface area contributed by atoms with Crippen LogP contribution < -0.4 is 0 Å². The number of unbranched alkanes of at least 4 members (excludes halogenated alkanes) is 1. The number of carboxylic acid groups (broad SMARTS) is 4. The van der Waals surface area contributed by atoms with Gasteiger partial charge < -0.3 is 35.7 Å². The number of rotatable bonds is 9. The zero-order valence-electron chi connectivity index (χ0n) is 14.9. The van der Waals surface area contributed by atoms with E-state index < -0.39 is 30.0 Å². The molecule has 11 heteroatoms. The minimum absolute atomic E-state index is 0.0628. The number of aromatic carboxylic acids is 2. The minimum atomic E-state index is -1.23. The summed E-state index contributed by atoms with van der Waals surface area (Å²) in [6.07, 6.45) is 0.0640. The molecule has 1 rings (SSSR count). The number of carboxylic acids is 4. The van der Waals surface area contributed by atoms with Crippen LogP contribution in [0.1, 0.15) is 46.4 Å². The van der Waals surface area contributed by atoms with Gasteiger partial charge in [-0.3, -0.25) is 9.59 Å². The lowest BCUT2D eigenvalue weighted by Gasteiger charge is -1.98. The molecule has 11 nitrogen and oxygen atoms in total. The summed E-state index contributed by atoms with van der Waals surface area (Å²) >= 11 is 0. The van der Waals surface area contributed by atoms with Gasteiger partial charge in [0, 0.05) is 12.8 Å². The van der Waals surface area contributed by atoms with Crippen LogP contribution in [0.25, 0.3) is 0 Å². The molecule has 0 saturated carbocycles. The number of hydrogen-bond donors (Lipinski definition) is 7. The Kier molecular flexibility index (Phi) is 15.7. The van der Waals surface area contributed by atoms with E-state index in [1.807, 2.05) is 0 Å². The highest BCUT2D eigenvalue weighted by atomic mass is 16.4. The second kappa shape index (κ2) is 16.2. The molecular weight excluding hydrogens is 380 g/mol.